The first kappa shape index (κ1) is 23.2. The van der Waals surface area contributed by atoms with Crippen molar-refractivity contribution in [2.24, 2.45) is 9.98 Å². The third-order valence-electron chi connectivity index (χ3n) is 5.67. The van der Waals surface area contributed by atoms with Gasteiger partial charge in [0.1, 0.15) is 34.4 Å². The number of hydrogen-bond donors (Lipinski definition) is 6. The van der Waals surface area contributed by atoms with Gasteiger partial charge in [-0.2, -0.15) is 0 Å². The Balaban J connectivity index is 0.000000243. The molecule has 0 heterocycles. The summed E-state index contributed by atoms with van der Waals surface area (Å²) in [7, 11) is 0. The molecular formula is C24H32N4O4. The van der Waals surface area contributed by atoms with Crippen LogP contribution in [0.25, 0.3) is 0 Å². The smallest absolute Gasteiger partial charge is 0.145 e. The van der Waals surface area contributed by atoms with E-state index in [1.54, 1.807) is 6.07 Å². The minimum Gasteiger partial charge on any atom is -0.506 e. The molecule has 2 aromatic rings. The molecule has 2 saturated carbocycles. The van der Waals surface area contributed by atoms with Crippen molar-refractivity contribution in [3.05, 3.63) is 24.3 Å². The molecule has 0 atom stereocenters. The van der Waals surface area contributed by atoms with E-state index in [1.165, 1.54) is 50.7 Å². The lowest BCUT2D eigenvalue weighted by atomic mass is 9.98. The van der Waals surface area contributed by atoms with Crippen molar-refractivity contribution in [3.63, 3.8) is 0 Å². The van der Waals surface area contributed by atoms with E-state index in [0.717, 1.165) is 43.2 Å². The maximum absolute atomic E-state index is 10.0. The Labute approximate surface area is 188 Å². The Morgan fingerprint density at radius 3 is 1.25 bits per heavy atom. The third-order valence-corrected chi connectivity index (χ3v) is 5.67. The van der Waals surface area contributed by atoms with E-state index in [9.17, 15) is 10.2 Å². The van der Waals surface area contributed by atoms with E-state index < -0.39 is 0 Å². The maximum atomic E-state index is 10.0. The molecule has 32 heavy (non-hydrogen) atoms. The molecule has 0 amide bonds. The van der Waals surface area contributed by atoms with Gasteiger partial charge in [0.25, 0.3) is 0 Å². The van der Waals surface area contributed by atoms with Gasteiger partial charge in [-0.1, -0.05) is 12.8 Å². The molecule has 0 unspecified atom stereocenters. The lowest BCUT2D eigenvalue weighted by molar-refractivity contribution is 0.452. The lowest BCUT2D eigenvalue weighted by Crippen LogP contribution is -2.04. The summed E-state index contributed by atoms with van der Waals surface area (Å²) in [6.45, 7) is 0. The van der Waals surface area contributed by atoms with Crippen molar-refractivity contribution in [2.75, 3.05) is 11.5 Å². The van der Waals surface area contributed by atoms with Gasteiger partial charge in [0.05, 0.1) is 11.4 Å². The highest BCUT2D eigenvalue weighted by atomic mass is 16.3. The quantitative estimate of drug-likeness (QED) is 0.207. The van der Waals surface area contributed by atoms with Gasteiger partial charge in [-0.15, -0.1) is 0 Å². The van der Waals surface area contributed by atoms with Gasteiger partial charge in [0.2, 0.25) is 0 Å². The van der Waals surface area contributed by atoms with Crippen molar-refractivity contribution in [1.82, 2.24) is 0 Å². The number of nitrogen functional groups attached to an aromatic ring is 2. The SMILES string of the molecule is Nc1cc(N)c(O)cc1O.Oc1cc(O)c(N=C2CCCCC2)cc1N=C1CCCCC1. The van der Waals surface area contributed by atoms with Gasteiger partial charge >= 0.3 is 0 Å². The van der Waals surface area contributed by atoms with Gasteiger partial charge in [0, 0.05) is 23.6 Å². The first-order chi connectivity index (χ1) is 15.3. The summed E-state index contributed by atoms with van der Waals surface area (Å²) >= 11 is 0. The summed E-state index contributed by atoms with van der Waals surface area (Å²) in [5.74, 6) is -0.260. The van der Waals surface area contributed by atoms with Gasteiger partial charge in [-0.05, 0) is 63.5 Å². The Bertz CT molecular complexity index is 902. The summed E-state index contributed by atoms with van der Waals surface area (Å²) in [6.07, 6.45) is 11.2. The zero-order valence-electron chi connectivity index (χ0n) is 18.2. The largest absolute Gasteiger partial charge is 0.506 e. The van der Waals surface area contributed by atoms with E-state index in [0.29, 0.717) is 11.4 Å². The van der Waals surface area contributed by atoms with Gasteiger partial charge in [-0.25, -0.2) is 0 Å². The molecule has 8 nitrogen and oxygen atoms in total. The minimum absolute atomic E-state index is 0.0307. The van der Waals surface area contributed by atoms with Gasteiger partial charge < -0.3 is 31.9 Å². The number of nitrogens with two attached hydrogens (primary N) is 2. The maximum Gasteiger partial charge on any atom is 0.145 e. The molecular weight excluding hydrogens is 408 g/mol. The van der Waals surface area contributed by atoms with Crippen molar-refractivity contribution < 1.29 is 20.4 Å². The molecule has 0 bridgehead atoms. The molecule has 2 aliphatic carbocycles. The van der Waals surface area contributed by atoms with Crippen LogP contribution in [0.3, 0.4) is 0 Å². The molecule has 0 aromatic heterocycles. The summed E-state index contributed by atoms with van der Waals surface area (Å²) in [5.41, 5.74) is 14.2. The number of aliphatic imine (C=N–C) groups is 2. The van der Waals surface area contributed by atoms with Crippen LogP contribution in [0.15, 0.2) is 34.3 Å². The van der Waals surface area contributed by atoms with Crippen LogP contribution >= 0.6 is 0 Å². The molecule has 4 rings (SSSR count). The number of phenolic OH excluding ortho intramolecular Hbond substituents is 4. The zero-order chi connectivity index (χ0) is 23.1. The topological polar surface area (TPSA) is 158 Å². The van der Waals surface area contributed by atoms with Crippen LogP contribution < -0.4 is 11.5 Å². The van der Waals surface area contributed by atoms with Crippen LogP contribution in [-0.2, 0) is 0 Å². The van der Waals surface area contributed by atoms with E-state index in [2.05, 4.69) is 9.98 Å². The Hall–Kier alpha value is -3.42. The van der Waals surface area contributed by atoms with Crippen molar-refractivity contribution in [2.45, 2.75) is 64.2 Å². The average Bonchev–Trinajstić information content (AvgIpc) is 2.78. The highest BCUT2D eigenvalue weighted by Crippen LogP contribution is 2.39. The zero-order valence-corrected chi connectivity index (χ0v) is 18.2. The number of nitrogens with zero attached hydrogens (tertiary/aromatic N) is 2. The first-order valence-electron chi connectivity index (χ1n) is 11.1. The highest BCUT2D eigenvalue weighted by Gasteiger charge is 2.13. The lowest BCUT2D eigenvalue weighted by Gasteiger charge is -2.14. The van der Waals surface area contributed by atoms with E-state index in [4.69, 9.17) is 21.7 Å². The molecule has 0 saturated heterocycles. The Kier molecular flexibility index (Phi) is 7.81. The molecule has 2 aliphatic rings. The number of anilines is 2. The summed E-state index contributed by atoms with van der Waals surface area (Å²) in [4.78, 5) is 9.20. The molecule has 2 fully saturated rings. The predicted octanol–water partition coefficient (Wildman–Crippen LogP) is 5.43. The second kappa shape index (κ2) is 10.7. The number of rotatable bonds is 2. The second-order valence-corrected chi connectivity index (χ2v) is 8.28. The Morgan fingerprint density at radius 1 is 0.500 bits per heavy atom. The third kappa shape index (κ3) is 6.29. The van der Waals surface area contributed by atoms with Crippen LogP contribution in [0.1, 0.15) is 64.2 Å². The molecule has 0 aliphatic heterocycles. The van der Waals surface area contributed by atoms with Crippen molar-refractivity contribution >= 4 is 34.2 Å². The average molecular weight is 441 g/mol. The Morgan fingerprint density at radius 2 is 0.875 bits per heavy atom. The van der Waals surface area contributed by atoms with E-state index >= 15 is 0 Å². The molecule has 0 spiro atoms. The fourth-order valence-electron chi connectivity index (χ4n) is 3.83. The standard InChI is InChI=1S/C18H24N2O2.C6H8N2O2/c21-17-12-18(22)16(20-14-9-5-2-6-10-14)11-15(17)19-13-7-3-1-4-8-13;7-3-1-4(8)6(10)2-5(3)9/h11-12,21-22H,1-10H2;1-2,9-10H,7-8H2. The fraction of sp³-hybridized carbons (Fsp3) is 0.417. The van der Waals surface area contributed by atoms with Crippen LogP contribution in [0.4, 0.5) is 22.7 Å². The molecule has 172 valence electrons. The number of benzene rings is 2. The summed E-state index contributed by atoms with van der Waals surface area (Å²) < 4.78 is 0. The molecule has 2 aromatic carbocycles. The number of phenols is 4. The minimum atomic E-state index is -0.160. The van der Waals surface area contributed by atoms with Crippen LogP contribution in [0, 0.1) is 0 Å². The van der Waals surface area contributed by atoms with E-state index in [1.807, 2.05) is 0 Å². The predicted molar refractivity (Wildman–Crippen MR) is 129 cm³/mol. The van der Waals surface area contributed by atoms with Crippen molar-refractivity contribution in [1.29, 1.82) is 0 Å². The first-order valence-corrected chi connectivity index (χ1v) is 11.1. The second-order valence-electron chi connectivity index (χ2n) is 8.28. The van der Waals surface area contributed by atoms with Crippen LogP contribution in [-0.4, -0.2) is 31.8 Å². The summed E-state index contributed by atoms with van der Waals surface area (Å²) in [6, 6.07) is 5.48. The molecule has 8 N–H and O–H groups in total. The van der Waals surface area contributed by atoms with Gasteiger partial charge in [-0.3, -0.25) is 9.98 Å². The number of aromatic hydroxyl groups is 4. The summed E-state index contributed by atoms with van der Waals surface area (Å²) in [5, 5.41) is 37.8. The normalized spacial score (nSPS) is 16.1. The highest BCUT2D eigenvalue weighted by molar-refractivity contribution is 5.90. The number of hydrogen-bond acceptors (Lipinski definition) is 8. The van der Waals surface area contributed by atoms with Crippen LogP contribution in [0.2, 0.25) is 0 Å². The fourth-order valence-corrected chi connectivity index (χ4v) is 3.83. The molecule has 0 radical (unpaired) electrons. The van der Waals surface area contributed by atoms with E-state index in [-0.39, 0.29) is 34.4 Å². The van der Waals surface area contributed by atoms with Gasteiger partial charge in [0.15, 0.2) is 0 Å². The van der Waals surface area contributed by atoms with Crippen molar-refractivity contribution in [3.8, 4) is 23.0 Å². The monoisotopic (exact) mass is 440 g/mol. The van der Waals surface area contributed by atoms with Crippen LogP contribution in [0.5, 0.6) is 23.0 Å². The molecule has 8 heteroatoms.